The first-order valence-corrected chi connectivity index (χ1v) is 10.1. The largest absolute Gasteiger partial charge is 0.478 e. The number of nitrogens with zero attached hydrogens (tertiary/aromatic N) is 3. The van der Waals surface area contributed by atoms with Gasteiger partial charge in [-0.05, 0) is 43.9 Å². The molecule has 2 aromatic rings. The number of aromatic nitrogens is 2. The van der Waals surface area contributed by atoms with E-state index in [0.29, 0.717) is 29.1 Å². The van der Waals surface area contributed by atoms with Crippen molar-refractivity contribution in [3.63, 3.8) is 0 Å². The Hall–Kier alpha value is -2.12. The number of hydrogen-bond donors (Lipinski definition) is 1. The molecule has 0 bridgehead atoms. The molecule has 0 unspecified atom stereocenters. The summed E-state index contributed by atoms with van der Waals surface area (Å²) in [5.74, 6) is 0.652. The van der Waals surface area contributed by atoms with Crippen LogP contribution in [0.4, 0.5) is 5.82 Å². The molecule has 1 aliphatic rings. The topological polar surface area (TPSA) is 75.5 Å². The van der Waals surface area contributed by atoms with Crippen LogP contribution in [0.1, 0.15) is 47.8 Å². The van der Waals surface area contributed by atoms with Gasteiger partial charge in [0.25, 0.3) is 0 Å². The van der Waals surface area contributed by atoms with Crippen molar-refractivity contribution in [2.75, 3.05) is 18.6 Å². The van der Waals surface area contributed by atoms with Gasteiger partial charge < -0.3 is 14.7 Å². The lowest BCUT2D eigenvalue weighted by Gasteiger charge is -2.34. The minimum atomic E-state index is -0.915. The van der Waals surface area contributed by atoms with Crippen LogP contribution in [0.25, 0.3) is 0 Å². The molecule has 0 spiro atoms. The van der Waals surface area contributed by atoms with E-state index in [4.69, 9.17) is 14.8 Å². The fraction of sp³-hybridized carbons (Fsp3) is 0.450. The SMILES string of the molecule is COCc1cc(N2CCCC[C@@H]2C)nc(SCc2cccc(C(=O)O)c2)n1. The Kier molecular flexibility index (Phi) is 6.68. The van der Waals surface area contributed by atoms with Gasteiger partial charge in [0, 0.05) is 31.5 Å². The van der Waals surface area contributed by atoms with Crippen molar-refractivity contribution in [3.8, 4) is 0 Å². The predicted octanol–water partition coefficient (Wildman–Crippen LogP) is 3.99. The van der Waals surface area contributed by atoms with Crippen LogP contribution in [0.5, 0.6) is 0 Å². The number of carboxylic acids is 1. The minimum absolute atomic E-state index is 0.296. The van der Waals surface area contributed by atoms with E-state index in [1.807, 2.05) is 12.1 Å². The normalized spacial score (nSPS) is 17.1. The minimum Gasteiger partial charge on any atom is -0.478 e. The molecule has 0 amide bonds. The number of anilines is 1. The lowest BCUT2D eigenvalue weighted by molar-refractivity contribution is 0.0697. The summed E-state index contributed by atoms with van der Waals surface area (Å²) < 4.78 is 5.27. The molecule has 1 atom stereocenters. The Labute approximate surface area is 164 Å². The summed E-state index contributed by atoms with van der Waals surface area (Å²) in [6.07, 6.45) is 3.61. The molecule has 1 N–H and O–H groups in total. The number of aromatic carboxylic acids is 1. The highest BCUT2D eigenvalue weighted by Gasteiger charge is 2.21. The third-order valence-corrected chi connectivity index (χ3v) is 5.59. The van der Waals surface area contributed by atoms with Gasteiger partial charge in [0.05, 0.1) is 17.9 Å². The Morgan fingerprint density at radius 3 is 2.93 bits per heavy atom. The Bertz CT molecular complexity index is 800. The monoisotopic (exact) mass is 387 g/mol. The van der Waals surface area contributed by atoms with E-state index < -0.39 is 5.97 Å². The number of hydrogen-bond acceptors (Lipinski definition) is 6. The first kappa shape index (κ1) is 19.6. The van der Waals surface area contributed by atoms with Gasteiger partial charge >= 0.3 is 5.97 Å². The number of thioether (sulfide) groups is 1. The first-order valence-electron chi connectivity index (χ1n) is 9.15. The molecule has 3 rings (SSSR count). The number of piperidine rings is 1. The van der Waals surface area contributed by atoms with Gasteiger partial charge in [-0.25, -0.2) is 14.8 Å². The lowest BCUT2D eigenvalue weighted by atomic mass is 10.0. The number of ether oxygens (including phenoxy) is 1. The van der Waals surface area contributed by atoms with Crippen LogP contribution in [0.3, 0.4) is 0 Å². The summed E-state index contributed by atoms with van der Waals surface area (Å²) in [6, 6.07) is 9.47. The van der Waals surface area contributed by atoms with Gasteiger partial charge in [-0.3, -0.25) is 0 Å². The molecule has 1 saturated heterocycles. The molecular formula is C20H25N3O3S. The smallest absolute Gasteiger partial charge is 0.335 e. The molecule has 0 radical (unpaired) electrons. The second-order valence-electron chi connectivity index (χ2n) is 6.77. The highest BCUT2D eigenvalue weighted by atomic mass is 32.2. The van der Waals surface area contributed by atoms with Crippen LogP contribution in [0.2, 0.25) is 0 Å². The summed E-state index contributed by atoms with van der Waals surface area (Å²) >= 11 is 1.52. The quantitative estimate of drug-likeness (QED) is 0.568. The molecule has 1 aromatic heterocycles. The van der Waals surface area contributed by atoms with Crippen molar-refractivity contribution in [3.05, 3.63) is 47.2 Å². The van der Waals surface area contributed by atoms with Gasteiger partial charge in [-0.1, -0.05) is 23.9 Å². The van der Waals surface area contributed by atoms with Crippen molar-refractivity contribution < 1.29 is 14.6 Å². The summed E-state index contributed by atoms with van der Waals surface area (Å²) in [4.78, 5) is 22.9. The molecule has 1 aromatic carbocycles. The number of benzene rings is 1. The summed E-state index contributed by atoms with van der Waals surface area (Å²) in [5.41, 5.74) is 2.10. The zero-order valence-corrected chi connectivity index (χ0v) is 16.5. The lowest BCUT2D eigenvalue weighted by Crippen LogP contribution is -2.38. The van der Waals surface area contributed by atoms with Gasteiger partial charge in [-0.2, -0.15) is 0 Å². The highest BCUT2D eigenvalue weighted by molar-refractivity contribution is 7.98. The number of methoxy groups -OCH3 is 1. The average Bonchev–Trinajstić information content (AvgIpc) is 2.67. The molecule has 1 fully saturated rings. The van der Waals surface area contributed by atoms with Crippen molar-refractivity contribution >= 4 is 23.5 Å². The van der Waals surface area contributed by atoms with Crippen LogP contribution in [0, 0.1) is 0 Å². The van der Waals surface area contributed by atoms with Crippen molar-refractivity contribution in [1.29, 1.82) is 0 Å². The Balaban J connectivity index is 1.79. The summed E-state index contributed by atoms with van der Waals surface area (Å²) in [5, 5.41) is 9.84. The van der Waals surface area contributed by atoms with Crippen molar-refractivity contribution in [2.24, 2.45) is 0 Å². The molecule has 6 nitrogen and oxygen atoms in total. The maximum Gasteiger partial charge on any atom is 0.335 e. The van der Waals surface area contributed by atoms with Crippen LogP contribution in [-0.2, 0) is 17.1 Å². The van der Waals surface area contributed by atoms with Gasteiger partial charge in [0.15, 0.2) is 5.16 Å². The van der Waals surface area contributed by atoms with E-state index in [1.54, 1.807) is 25.3 Å². The van der Waals surface area contributed by atoms with E-state index in [1.165, 1.54) is 31.0 Å². The molecule has 1 aliphatic heterocycles. The number of carboxylic acid groups (broad SMARTS) is 1. The van der Waals surface area contributed by atoms with Gasteiger partial charge in [-0.15, -0.1) is 0 Å². The molecule has 144 valence electrons. The van der Waals surface area contributed by atoms with Gasteiger partial charge in [0.1, 0.15) is 5.82 Å². The maximum absolute atomic E-state index is 11.1. The standard InChI is InChI=1S/C20H25N3O3S/c1-14-6-3-4-9-23(14)18-11-17(12-26-2)21-20(22-18)27-13-15-7-5-8-16(10-15)19(24)25/h5,7-8,10-11,14H,3-4,6,9,12-13H2,1-2H3,(H,24,25)/t14-/m0/s1. The molecule has 27 heavy (non-hydrogen) atoms. The van der Waals surface area contributed by atoms with E-state index >= 15 is 0 Å². The van der Waals surface area contributed by atoms with Crippen LogP contribution in [0.15, 0.2) is 35.5 Å². The first-order chi connectivity index (χ1) is 13.1. The Morgan fingerprint density at radius 1 is 1.33 bits per heavy atom. The third-order valence-electron chi connectivity index (χ3n) is 4.68. The van der Waals surface area contributed by atoms with Gasteiger partial charge in [0.2, 0.25) is 0 Å². The van der Waals surface area contributed by atoms with E-state index in [0.717, 1.165) is 23.6 Å². The molecule has 0 saturated carbocycles. The highest BCUT2D eigenvalue weighted by Crippen LogP contribution is 2.27. The maximum atomic E-state index is 11.1. The summed E-state index contributed by atoms with van der Waals surface area (Å²) in [7, 11) is 1.66. The molecule has 0 aliphatic carbocycles. The third kappa shape index (κ3) is 5.20. The fourth-order valence-electron chi connectivity index (χ4n) is 3.27. The number of carbonyl (C=O) groups is 1. The molecule has 7 heteroatoms. The molecular weight excluding hydrogens is 362 g/mol. The van der Waals surface area contributed by atoms with Crippen molar-refractivity contribution in [1.82, 2.24) is 9.97 Å². The van der Waals surface area contributed by atoms with Crippen LogP contribution >= 0.6 is 11.8 Å². The summed E-state index contributed by atoms with van der Waals surface area (Å²) in [6.45, 7) is 3.69. The zero-order valence-electron chi connectivity index (χ0n) is 15.7. The predicted molar refractivity (Wildman–Crippen MR) is 106 cm³/mol. The van der Waals surface area contributed by atoms with Crippen molar-refractivity contribution in [2.45, 2.75) is 49.7 Å². The Morgan fingerprint density at radius 2 is 2.19 bits per heavy atom. The second kappa shape index (κ2) is 9.19. The number of rotatable bonds is 7. The average molecular weight is 388 g/mol. The van der Waals surface area contributed by atoms with E-state index in [-0.39, 0.29) is 0 Å². The molecule has 2 heterocycles. The van der Waals surface area contributed by atoms with E-state index in [9.17, 15) is 4.79 Å². The van der Waals surface area contributed by atoms with E-state index in [2.05, 4.69) is 16.8 Å². The van der Waals surface area contributed by atoms with Crippen LogP contribution < -0.4 is 4.90 Å². The fourth-order valence-corrected chi connectivity index (χ4v) is 4.09. The second-order valence-corrected chi connectivity index (χ2v) is 7.71. The van der Waals surface area contributed by atoms with Crippen LogP contribution in [-0.4, -0.2) is 40.7 Å². The zero-order chi connectivity index (χ0) is 19.2.